The van der Waals surface area contributed by atoms with Gasteiger partial charge in [-0.15, -0.1) is 0 Å². The molecule has 1 saturated carbocycles. The minimum atomic E-state index is -1.32. The van der Waals surface area contributed by atoms with Crippen LogP contribution in [0.3, 0.4) is 0 Å². The number of rotatable bonds is 5. The van der Waals surface area contributed by atoms with E-state index in [0.717, 1.165) is 10.0 Å². The number of carbonyl (C=O) groups is 2. The Morgan fingerprint density at radius 2 is 2.09 bits per heavy atom. The number of carboxylic acids is 1. The van der Waals surface area contributed by atoms with E-state index in [-0.39, 0.29) is 12.5 Å². The number of carbonyl (C=O) groups excluding carboxylic acids is 1. The van der Waals surface area contributed by atoms with Crippen LogP contribution in [0.4, 0.5) is 0 Å². The Kier molecular flexibility index (Phi) is 4.87. The summed E-state index contributed by atoms with van der Waals surface area (Å²) in [6, 6.07) is 5.21. The predicted octanol–water partition coefficient (Wildman–Crippen LogP) is 3.15. The van der Waals surface area contributed by atoms with Crippen molar-refractivity contribution >= 4 is 27.8 Å². The van der Waals surface area contributed by atoms with Crippen LogP contribution in [0.2, 0.25) is 0 Å². The van der Waals surface area contributed by atoms with Crippen LogP contribution in [0.5, 0.6) is 0 Å². The summed E-state index contributed by atoms with van der Waals surface area (Å²) in [5.41, 5.74) is -0.568. The highest BCUT2D eigenvalue weighted by Gasteiger charge is 2.66. The Bertz CT molecular complexity index is 643. The highest BCUT2D eigenvalue weighted by molar-refractivity contribution is 9.10. The van der Waals surface area contributed by atoms with Crippen LogP contribution in [-0.4, -0.2) is 35.2 Å². The number of aliphatic carboxylic acids is 1. The van der Waals surface area contributed by atoms with E-state index >= 15 is 0 Å². The number of halogens is 1. The molecule has 5 nitrogen and oxygen atoms in total. The van der Waals surface area contributed by atoms with Crippen molar-refractivity contribution in [2.45, 2.75) is 45.8 Å². The normalized spacial score (nSPS) is 25.5. The van der Waals surface area contributed by atoms with Crippen molar-refractivity contribution in [3.63, 3.8) is 0 Å². The summed E-state index contributed by atoms with van der Waals surface area (Å²) in [5, 5.41) is 12.5. The lowest BCUT2D eigenvalue weighted by Crippen LogP contribution is -2.76. The van der Waals surface area contributed by atoms with Crippen molar-refractivity contribution in [3.8, 4) is 0 Å². The molecule has 0 aromatic heterocycles. The number of hydrogen-bond donors (Lipinski definition) is 2. The van der Waals surface area contributed by atoms with Gasteiger partial charge in [-0.3, -0.25) is 4.79 Å². The average Bonchev–Trinajstić information content (AvgIpc) is 2.48. The van der Waals surface area contributed by atoms with Crippen LogP contribution in [0.1, 0.15) is 43.1 Å². The van der Waals surface area contributed by atoms with Crippen molar-refractivity contribution in [2.24, 2.45) is 5.41 Å². The van der Waals surface area contributed by atoms with Gasteiger partial charge in [0, 0.05) is 28.5 Å². The van der Waals surface area contributed by atoms with Gasteiger partial charge >= 0.3 is 5.97 Å². The Hall–Kier alpha value is -1.40. The smallest absolute Gasteiger partial charge is 0.330 e. The van der Waals surface area contributed by atoms with Crippen LogP contribution >= 0.6 is 15.9 Å². The van der Waals surface area contributed by atoms with Crippen molar-refractivity contribution in [2.75, 3.05) is 6.61 Å². The Morgan fingerprint density at radius 3 is 2.57 bits per heavy atom. The lowest BCUT2D eigenvalue weighted by Gasteiger charge is -2.58. The molecular formula is C17H22BrNO4. The van der Waals surface area contributed by atoms with Gasteiger partial charge in [0.25, 0.3) is 5.91 Å². The molecule has 0 spiro atoms. The molecule has 23 heavy (non-hydrogen) atoms. The van der Waals surface area contributed by atoms with E-state index in [2.05, 4.69) is 21.2 Å². The first-order chi connectivity index (χ1) is 10.7. The SMILES string of the molecule is CCOC1CC(NC(=O)c2ccc(C)c(Br)c2)(C(=O)O)C1(C)C. The number of nitrogens with one attached hydrogen (secondary N) is 1. The molecule has 1 fully saturated rings. The second-order valence-electron chi connectivity index (χ2n) is 6.50. The molecule has 1 aromatic rings. The summed E-state index contributed by atoms with van der Waals surface area (Å²) in [6.45, 7) is 7.95. The fraction of sp³-hybridized carbons (Fsp3) is 0.529. The molecule has 2 rings (SSSR count). The van der Waals surface area contributed by atoms with E-state index in [9.17, 15) is 14.7 Å². The van der Waals surface area contributed by atoms with Crippen molar-refractivity contribution in [1.82, 2.24) is 5.32 Å². The molecule has 2 N–H and O–H groups in total. The second-order valence-corrected chi connectivity index (χ2v) is 7.35. The number of benzene rings is 1. The maximum Gasteiger partial charge on any atom is 0.330 e. The van der Waals surface area contributed by atoms with Gasteiger partial charge in [0.05, 0.1) is 6.10 Å². The molecule has 0 saturated heterocycles. The molecule has 1 aliphatic carbocycles. The molecule has 2 atom stereocenters. The van der Waals surface area contributed by atoms with Crippen LogP contribution in [-0.2, 0) is 9.53 Å². The van der Waals surface area contributed by atoms with Gasteiger partial charge < -0.3 is 15.2 Å². The average molecular weight is 384 g/mol. The van der Waals surface area contributed by atoms with Crippen LogP contribution in [0.15, 0.2) is 22.7 Å². The van der Waals surface area contributed by atoms with E-state index in [1.807, 2.05) is 33.8 Å². The zero-order valence-corrected chi connectivity index (χ0v) is 15.4. The molecule has 2 unspecified atom stereocenters. The zero-order chi connectivity index (χ0) is 17.4. The summed E-state index contributed by atoms with van der Waals surface area (Å²) in [6.07, 6.45) is 0.0794. The molecule has 0 bridgehead atoms. The van der Waals surface area contributed by atoms with Gasteiger partial charge in [-0.1, -0.05) is 35.8 Å². The van der Waals surface area contributed by atoms with Crippen molar-refractivity contribution in [1.29, 1.82) is 0 Å². The minimum Gasteiger partial charge on any atom is -0.479 e. The van der Waals surface area contributed by atoms with Crippen molar-refractivity contribution < 1.29 is 19.4 Å². The van der Waals surface area contributed by atoms with Gasteiger partial charge in [0.15, 0.2) is 0 Å². The number of hydrogen-bond acceptors (Lipinski definition) is 3. The summed E-state index contributed by atoms with van der Waals surface area (Å²) in [5.74, 6) is -1.42. The maximum atomic E-state index is 12.5. The van der Waals surface area contributed by atoms with Crippen LogP contribution in [0.25, 0.3) is 0 Å². The third kappa shape index (κ3) is 2.90. The van der Waals surface area contributed by atoms with E-state index in [1.165, 1.54) is 0 Å². The zero-order valence-electron chi connectivity index (χ0n) is 13.8. The summed E-state index contributed by atoms with van der Waals surface area (Å²) in [7, 11) is 0. The highest BCUT2D eigenvalue weighted by Crippen LogP contribution is 2.51. The topological polar surface area (TPSA) is 75.6 Å². The molecule has 0 aliphatic heterocycles. The minimum absolute atomic E-state index is 0.186. The van der Waals surface area contributed by atoms with Crippen LogP contribution < -0.4 is 5.32 Å². The Labute approximate surface area is 144 Å². The lowest BCUT2D eigenvalue weighted by atomic mass is 9.54. The third-order valence-corrected chi connectivity index (χ3v) is 5.74. The second kappa shape index (κ2) is 6.24. The largest absolute Gasteiger partial charge is 0.479 e. The number of amides is 1. The first kappa shape index (κ1) is 17.9. The van der Waals surface area contributed by atoms with E-state index in [1.54, 1.807) is 12.1 Å². The Morgan fingerprint density at radius 1 is 1.43 bits per heavy atom. The number of carboxylic acid groups (broad SMARTS) is 1. The van der Waals surface area contributed by atoms with E-state index < -0.39 is 22.8 Å². The van der Waals surface area contributed by atoms with Gasteiger partial charge in [0.2, 0.25) is 0 Å². The quantitative estimate of drug-likeness (QED) is 0.818. The molecule has 0 heterocycles. The fourth-order valence-electron chi connectivity index (χ4n) is 3.04. The lowest BCUT2D eigenvalue weighted by molar-refractivity contribution is -0.190. The summed E-state index contributed by atoms with van der Waals surface area (Å²) < 4.78 is 6.41. The predicted molar refractivity (Wildman–Crippen MR) is 90.5 cm³/mol. The number of aryl methyl sites for hydroxylation is 1. The summed E-state index contributed by atoms with van der Waals surface area (Å²) in [4.78, 5) is 24.4. The molecule has 0 radical (unpaired) electrons. The third-order valence-electron chi connectivity index (χ3n) is 4.89. The maximum absolute atomic E-state index is 12.5. The summed E-state index contributed by atoms with van der Waals surface area (Å²) >= 11 is 3.39. The molecule has 1 aliphatic rings. The first-order valence-electron chi connectivity index (χ1n) is 7.59. The van der Waals surface area contributed by atoms with E-state index in [0.29, 0.717) is 12.2 Å². The van der Waals surface area contributed by atoms with Gasteiger partial charge in [0.1, 0.15) is 5.54 Å². The van der Waals surface area contributed by atoms with Gasteiger partial charge in [-0.05, 0) is 31.5 Å². The van der Waals surface area contributed by atoms with E-state index in [4.69, 9.17) is 4.74 Å². The standard InChI is InChI=1S/C17H22BrNO4/c1-5-23-13-9-17(15(21)22,16(13,3)4)19-14(20)11-7-6-10(2)12(18)8-11/h6-8,13H,5,9H2,1-4H3,(H,19,20)(H,21,22). The Balaban J connectivity index is 2.26. The van der Waals surface area contributed by atoms with Gasteiger partial charge in [-0.25, -0.2) is 4.79 Å². The van der Waals surface area contributed by atoms with Gasteiger partial charge in [-0.2, -0.15) is 0 Å². The molecule has 126 valence electrons. The molecular weight excluding hydrogens is 362 g/mol. The highest BCUT2D eigenvalue weighted by atomic mass is 79.9. The number of ether oxygens (including phenoxy) is 1. The molecule has 6 heteroatoms. The van der Waals surface area contributed by atoms with Crippen molar-refractivity contribution in [3.05, 3.63) is 33.8 Å². The fourth-order valence-corrected chi connectivity index (χ4v) is 3.42. The molecule has 1 amide bonds. The van der Waals surface area contributed by atoms with Crippen LogP contribution in [0, 0.1) is 12.3 Å². The monoisotopic (exact) mass is 383 g/mol. The molecule has 1 aromatic carbocycles. The first-order valence-corrected chi connectivity index (χ1v) is 8.38.